The lowest BCUT2D eigenvalue weighted by Crippen LogP contribution is -2.16. The molecule has 0 aliphatic heterocycles. The van der Waals surface area contributed by atoms with E-state index >= 15 is 0 Å². The number of nitrogens with one attached hydrogen (secondary N) is 1. The molecule has 0 fully saturated rings. The Morgan fingerprint density at radius 3 is 1.53 bits per heavy atom. The monoisotopic (exact) mass is 215 g/mol. The first-order valence-corrected chi connectivity index (χ1v) is 6.04. The predicted octanol–water partition coefficient (Wildman–Crippen LogP) is 2.05. The van der Waals surface area contributed by atoms with Crippen LogP contribution < -0.4 is 5.32 Å². The molecule has 0 aliphatic rings. The van der Waals surface area contributed by atoms with Crippen molar-refractivity contribution in [2.24, 2.45) is 0 Å². The van der Waals surface area contributed by atoms with Crippen LogP contribution in [-0.4, -0.2) is 35.3 Å². The Bertz CT molecular complexity index is 133. The summed E-state index contributed by atoms with van der Waals surface area (Å²) in [5.74, 6) is 0. The number of rotatable bonds is 12. The Morgan fingerprint density at radius 2 is 1.13 bits per heavy atom. The average Bonchev–Trinajstić information content (AvgIpc) is 2.26. The molecule has 0 rings (SSSR count). The van der Waals surface area contributed by atoms with E-state index in [1.54, 1.807) is 0 Å². The summed E-state index contributed by atoms with van der Waals surface area (Å²) >= 11 is 0. The fraction of sp³-hybridized carbons (Fsp3) is 0.833. The van der Waals surface area contributed by atoms with Gasteiger partial charge in [0.25, 0.3) is 12.6 Å². The van der Waals surface area contributed by atoms with E-state index in [2.05, 4.69) is 5.32 Å². The Morgan fingerprint density at radius 1 is 0.667 bits per heavy atom. The topological polar surface area (TPSA) is 54.8 Å². The molecule has 0 aromatic carbocycles. The smallest absolute Gasteiger partial charge is 0.281 e. The summed E-state index contributed by atoms with van der Waals surface area (Å²) in [4.78, 5) is 16.9. The van der Waals surface area contributed by atoms with E-state index in [-0.39, 0.29) is 0 Å². The molecule has 0 saturated heterocycles. The average molecular weight is 215 g/mol. The highest BCUT2D eigenvalue weighted by atomic mass is 16.1. The van der Waals surface area contributed by atoms with E-state index in [1.165, 1.54) is 38.3 Å². The molecule has 0 atom stereocenters. The van der Waals surface area contributed by atoms with E-state index in [9.17, 15) is 0 Å². The van der Waals surface area contributed by atoms with Gasteiger partial charge in [-0.2, -0.15) is 0 Å². The summed E-state index contributed by atoms with van der Waals surface area (Å²) in [6, 6.07) is 0. The first-order chi connectivity index (χ1) is 7.41. The Kier molecular flexibility index (Phi) is 12.7. The Labute approximate surface area is 92.6 Å². The summed E-state index contributed by atoms with van der Waals surface area (Å²) < 4.78 is 0. The minimum Gasteiger partial charge on any atom is -0.317 e. The molecule has 0 heterocycles. The van der Waals surface area contributed by atoms with E-state index in [1.807, 2.05) is 0 Å². The zero-order valence-electron chi connectivity index (χ0n) is 9.62. The molecule has 0 aromatic heterocycles. The van der Waals surface area contributed by atoms with Crippen molar-refractivity contribution in [2.45, 2.75) is 51.4 Å². The second kappa shape index (κ2) is 13.3. The van der Waals surface area contributed by atoms with Crippen LogP contribution in [0.15, 0.2) is 0 Å². The van der Waals surface area contributed by atoms with Gasteiger partial charge in [0.05, 0.1) is 12.8 Å². The first kappa shape index (κ1) is 14.3. The molecule has 0 amide bonds. The minimum absolute atomic E-state index is 0.817. The van der Waals surface area contributed by atoms with Crippen LogP contribution in [0.2, 0.25) is 0 Å². The molecular formula is C12H25NO2+2. The lowest BCUT2D eigenvalue weighted by Gasteiger charge is -2.02. The SMILES string of the molecule is [OH+]=CCCCCCNCCCCCC=[OH+]. The van der Waals surface area contributed by atoms with Crippen molar-refractivity contribution in [2.75, 3.05) is 13.1 Å². The summed E-state index contributed by atoms with van der Waals surface area (Å²) in [5.41, 5.74) is 0. The van der Waals surface area contributed by atoms with Crippen LogP contribution >= 0.6 is 0 Å². The summed E-state index contributed by atoms with van der Waals surface area (Å²) in [6.45, 7) is 2.16. The van der Waals surface area contributed by atoms with Gasteiger partial charge < -0.3 is 5.32 Å². The molecule has 3 N–H and O–H groups in total. The number of carbonyl (C=O) groups excluding carboxylic acids is 2. The Hall–Kier alpha value is -0.700. The summed E-state index contributed by atoms with van der Waals surface area (Å²) in [7, 11) is 0. The van der Waals surface area contributed by atoms with Gasteiger partial charge in [0, 0.05) is 0 Å². The highest BCUT2D eigenvalue weighted by Crippen LogP contribution is 1.98. The molecule has 15 heavy (non-hydrogen) atoms. The van der Waals surface area contributed by atoms with E-state index in [0.29, 0.717) is 0 Å². The highest BCUT2D eigenvalue weighted by Gasteiger charge is 1.92. The van der Waals surface area contributed by atoms with Crippen molar-refractivity contribution in [3.8, 4) is 0 Å². The standard InChI is InChI=1S/C12H23NO2/c14-11-7-3-1-5-9-13-10-6-2-4-8-12-15/h11-13H,1-10H2/p+2. The van der Waals surface area contributed by atoms with Crippen molar-refractivity contribution in [3.63, 3.8) is 0 Å². The maximum absolute atomic E-state index is 8.45. The van der Waals surface area contributed by atoms with Crippen LogP contribution in [0, 0.1) is 0 Å². The molecule has 0 radical (unpaired) electrons. The number of aldehydes is 2. The third-order valence-electron chi connectivity index (χ3n) is 2.37. The molecule has 3 nitrogen and oxygen atoms in total. The third kappa shape index (κ3) is 13.3. The molecule has 0 bridgehead atoms. The lowest BCUT2D eigenvalue weighted by molar-refractivity contribution is 0.570. The van der Waals surface area contributed by atoms with Gasteiger partial charge in [-0.25, -0.2) is 0 Å². The van der Waals surface area contributed by atoms with Gasteiger partial charge in [-0.1, -0.05) is 12.8 Å². The van der Waals surface area contributed by atoms with Crippen LogP contribution in [0.5, 0.6) is 0 Å². The predicted molar refractivity (Wildman–Crippen MR) is 65.8 cm³/mol. The van der Waals surface area contributed by atoms with Crippen molar-refractivity contribution in [1.82, 2.24) is 5.32 Å². The van der Waals surface area contributed by atoms with Crippen molar-refractivity contribution >= 4 is 12.6 Å². The third-order valence-corrected chi connectivity index (χ3v) is 2.37. The summed E-state index contributed by atoms with van der Waals surface area (Å²) in [5, 5.41) is 3.39. The fourth-order valence-electron chi connectivity index (χ4n) is 1.45. The van der Waals surface area contributed by atoms with Crippen LogP contribution in [0.1, 0.15) is 51.4 Å². The van der Waals surface area contributed by atoms with Crippen LogP contribution in [0.4, 0.5) is 0 Å². The normalized spacial score (nSPS) is 10.1. The number of hydrogen-bond donors (Lipinski definition) is 1. The Balaban J connectivity index is 2.86. The number of hydrogen-bond acceptors (Lipinski definition) is 1. The zero-order chi connectivity index (χ0) is 11.2. The molecule has 0 aliphatic carbocycles. The lowest BCUT2D eigenvalue weighted by atomic mass is 10.2. The van der Waals surface area contributed by atoms with Gasteiger partial charge in [0.2, 0.25) is 0 Å². The highest BCUT2D eigenvalue weighted by molar-refractivity contribution is 5.50. The minimum atomic E-state index is 0.817. The van der Waals surface area contributed by atoms with E-state index < -0.39 is 0 Å². The first-order valence-electron chi connectivity index (χ1n) is 6.04. The molecule has 88 valence electrons. The molecule has 3 heteroatoms. The van der Waals surface area contributed by atoms with Crippen molar-refractivity contribution < 1.29 is 9.59 Å². The maximum atomic E-state index is 8.45. The second-order valence-electron chi connectivity index (χ2n) is 3.81. The van der Waals surface area contributed by atoms with Crippen LogP contribution in [0.25, 0.3) is 0 Å². The zero-order valence-corrected chi connectivity index (χ0v) is 9.62. The molecular weight excluding hydrogens is 190 g/mol. The quantitative estimate of drug-likeness (QED) is 0.302. The van der Waals surface area contributed by atoms with Gasteiger partial charge in [-0.3, -0.25) is 9.59 Å². The summed E-state index contributed by atoms with van der Waals surface area (Å²) in [6.07, 6.45) is 11.0. The van der Waals surface area contributed by atoms with E-state index in [4.69, 9.17) is 9.59 Å². The van der Waals surface area contributed by atoms with Crippen molar-refractivity contribution in [3.05, 3.63) is 0 Å². The largest absolute Gasteiger partial charge is 0.317 e. The van der Waals surface area contributed by atoms with Crippen molar-refractivity contribution in [1.29, 1.82) is 0 Å². The van der Waals surface area contributed by atoms with Gasteiger partial charge in [-0.15, -0.1) is 0 Å². The fourth-order valence-corrected chi connectivity index (χ4v) is 1.45. The molecule has 0 saturated carbocycles. The molecule has 0 unspecified atom stereocenters. The molecule has 0 spiro atoms. The van der Waals surface area contributed by atoms with Gasteiger partial charge in [0.15, 0.2) is 0 Å². The maximum Gasteiger partial charge on any atom is 0.281 e. The van der Waals surface area contributed by atoms with Crippen LogP contribution in [-0.2, 0) is 0 Å². The molecule has 0 aromatic rings. The van der Waals surface area contributed by atoms with Gasteiger partial charge >= 0.3 is 0 Å². The van der Waals surface area contributed by atoms with Gasteiger partial charge in [-0.05, 0) is 38.8 Å². The van der Waals surface area contributed by atoms with E-state index in [0.717, 1.165) is 38.8 Å². The number of unbranched alkanes of at least 4 members (excludes halogenated alkanes) is 6. The van der Waals surface area contributed by atoms with Gasteiger partial charge in [0.1, 0.15) is 0 Å². The second-order valence-corrected chi connectivity index (χ2v) is 3.81. The van der Waals surface area contributed by atoms with Crippen LogP contribution in [0.3, 0.4) is 0 Å².